The van der Waals surface area contributed by atoms with E-state index in [1.54, 1.807) is 0 Å². The molecule has 0 amide bonds. The molecule has 0 saturated carbocycles. The number of carbonyl (C=O) groups excluding carboxylic acids is 1. The van der Waals surface area contributed by atoms with E-state index in [0.29, 0.717) is 5.75 Å². The lowest BCUT2D eigenvalue weighted by Crippen LogP contribution is -2.43. The molecule has 1 aromatic carbocycles. The fourth-order valence-electron chi connectivity index (χ4n) is 1.81. The lowest BCUT2D eigenvalue weighted by atomic mass is 10.2. The zero-order valence-electron chi connectivity index (χ0n) is 9.40. The minimum absolute atomic E-state index is 0.282. The molecule has 1 aliphatic heterocycles. The highest BCUT2D eigenvalue weighted by Gasteiger charge is 2.10. The number of hydrogen-bond acceptors (Lipinski definition) is 4. The molecule has 86 valence electrons. The Hall–Kier alpha value is -1.55. The van der Waals surface area contributed by atoms with Crippen LogP contribution in [0, 0.1) is 0 Å². The van der Waals surface area contributed by atoms with E-state index in [-0.39, 0.29) is 5.97 Å². The van der Waals surface area contributed by atoms with Crippen LogP contribution in [0.2, 0.25) is 0 Å². The van der Waals surface area contributed by atoms with E-state index in [1.165, 1.54) is 12.6 Å². The van der Waals surface area contributed by atoms with Crippen LogP contribution in [0.15, 0.2) is 24.3 Å². The summed E-state index contributed by atoms with van der Waals surface area (Å²) >= 11 is 0. The molecule has 0 unspecified atom stereocenters. The molecule has 0 aliphatic carbocycles. The monoisotopic (exact) mass is 220 g/mol. The Morgan fingerprint density at radius 1 is 1.25 bits per heavy atom. The molecule has 1 saturated heterocycles. The third kappa shape index (κ3) is 2.73. The number of hydrogen-bond donors (Lipinski definition) is 1. The van der Waals surface area contributed by atoms with E-state index in [9.17, 15) is 4.79 Å². The molecule has 1 aromatic rings. The normalized spacial score (nSPS) is 15.9. The molecule has 4 nitrogen and oxygen atoms in total. The summed E-state index contributed by atoms with van der Waals surface area (Å²) in [5, 5.41) is 3.31. The van der Waals surface area contributed by atoms with Gasteiger partial charge in [-0.3, -0.25) is 4.79 Å². The van der Waals surface area contributed by atoms with Crippen LogP contribution in [0.4, 0.5) is 5.69 Å². The van der Waals surface area contributed by atoms with Crippen molar-refractivity contribution in [2.45, 2.75) is 6.92 Å². The van der Waals surface area contributed by atoms with Crippen LogP contribution in [-0.4, -0.2) is 32.1 Å². The van der Waals surface area contributed by atoms with Gasteiger partial charge in [0.1, 0.15) is 5.75 Å². The first kappa shape index (κ1) is 11.0. The fraction of sp³-hybridized carbons (Fsp3) is 0.417. The second-order valence-corrected chi connectivity index (χ2v) is 3.82. The molecule has 1 aliphatic rings. The highest BCUT2D eigenvalue weighted by atomic mass is 16.5. The van der Waals surface area contributed by atoms with Gasteiger partial charge in [-0.15, -0.1) is 0 Å². The number of nitrogens with one attached hydrogen (secondary N) is 1. The van der Waals surface area contributed by atoms with Crippen LogP contribution < -0.4 is 15.0 Å². The molecule has 1 N–H and O–H groups in total. The summed E-state index contributed by atoms with van der Waals surface area (Å²) in [4.78, 5) is 13.1. The van der Waals surface area contributed by atoms with Gasteiger partial charge in [0.15, 0.2) is 0 Å². The average molecular weight is 220 g/mol. The van der Waals surface area contributed by atoms with Crippen molar-refractivity contribution < 1.29 is 9.53 Å². The van der Waals surface area contributed by atoms with Gasteiger partial charge in [0.05, 0.1) is 0 Å². The molecule has 0 radical (unpaired) electrons. The predicted octanol–water partition coefficient (Wildman–Crippen LogP) is 1.02. The first-order valence-electron chi connectivity index (χ1n) is 5.50. The van der Waals surface area contributed by atoms with Gasteiger partial charge in [0.25, 0.3) is 0 Å². The maximum absolute atomic E-state index is 10.8. The lowest BCUT2D eigenvalue weighted by molar-refractivity contribution is -0.131. The number of anilines is 1. The van der Waals surface area contributed by atoms with Crippen molar-refractivity contribution >= 4 is 11.7 Å². The Labute approximate surface area is 95.2 Å². The van der Waals surface area contributed by atoms with Crippen LogP contribution in [0.5, 0.6) is 5.75 Å². The third-order valence-electron chi connectivity index (χ3n) is 2.58. The Kier molecular flexibility index (Phi) is 3.41. The number of piperazine rings is 1. The number of carbonyl (C=O) groups is 1. The summed E-state index contributed by atoms with van der Waals surface area (Å²) in [7, 11) is 0. The standard InChI is InChI=1S/C12H16N2O2/c1-10(15)16-12-4-2-11(3-5-12)14-8-6-13-7-9-14/h2-5,13H,6-9H2,1H3. The zero-order chi connectivity index (χ0) is 11.4. The van der Waals surface area contributed by atoms with E-state index in [2.05, 4.69) is 10.2 Å². The maximum Gasteiger partial charge on any atom is 0.308 e. The molecule has 0 bridgehead atoms. The van der Waals surface area contributed by atoms with Gasteiger partial charge >= 0.3 is 5.97 Å². The molecule has 1 heterocycles. The molecule has 0 atom stereocenters. The quantitative estimate of drug-likeness (QED) is 0.597. The minimum atomic E-state index is -0.282. The summed E-state index contributed by atoms with van der Waals surface area (Å²) in [6.07, 6.45) is 0. The average Bonchev–Trinajstić information content (AvgIpc) is 2.30. The van der Waals surface area contributed by atoms with Crippen molar-refractivity contribution in [2.24, 2.45) is 0 Å². The molecule has 16 heavy (non-hydrogen) atoms. The maximum atomic E-state index is 10.8. The van der Waals surface area contributed by atoms with E-state index < -0.39 is 0 Å². The Bertz CT molecular complexity index is 356. The smallest absolute Gasteiger partial charge is 0.308 e. The minimum Gasteiger partial charge on any atom is -0.427 e. The van der Waals surface area contributed by atoms with Crippen LogP contribution in [-0.2, 0) is 4.79 Å². The van der Waals surface area contributed by atoms with Gasteiger partial charge in [-0.05, 0) is 24.3 Å². The second kappa shape index (κ2) is 4.99. The van der Waals surface area contributed by atoms with Gasteiger partial charge in [-0.25, -0.2) is 0 Å². The van der Waals surface area contributed by atoms with Crippen molar-refractivity contribution in [3.8, 4) is 5.75 Å². The van der Waals surface area contributed by atoms with E-state index in [4.69, 9.17) is 4.74 Å². The summed E-state index contributed by atoms with van der Waals surface area (Å²) in [6.45, 7) is 5.49. The Morgan fingerprint density at radius 3 is 2.44 bits per heavy atom. The number of nitrogens with zero attached hydrogens (tertiary/aromatic N) is 1. The number of esters is 1. The first-order chi connectivity index (χ1) is 7.75. The number of benzene rings is 1. The molecule has 2 rings (SSSR count). The summed E-state index contributed by atoms with van der Waals surface area (Å²) < 4.78 is 4.99. The van der Waals surface area contributed by atoms with Crippen LogP contribution in [0.3, 0.4) is 0 Å². The number of ether oxygens (including phenoxy) is 1. The van der Waals surface area contributed by atoms with E-state index >= 15 is 0 Å². The largest absolute Gasteiger partial charge is 0.427 e. The highest BCUT2D eigenvalue weighted by Crippen LogP contribution is 2.19. The van der Waals surface area contributed by atoms with Gasteiger partial charge in [-0.2, -0.15) is 0 Å². The van der Waals surface area contributed by atoms with Crippen molar-refractivity contribution in [3.05, 3.63) is 24.3 Å². The van der Waals surface area contributed by atoms with Gasteiger partial charge in [-0.1, -0.05) is 0 Å². The van der Waals surface area contributed by atoms with Crippen molar-refractivity contribution in [1.82, 2.24) is 5.32 Å². The molecule has 0 spiro atoms. The Morgan fingerprint density at radius 2 is 1.88 bits per heavy atom. The third-order valence-corrected chi connectivity index (χ3v) is 2.58. The predicted molar refractivity (Wildman–Crippen MR) is 62.8 cm³/mol. The summed E-state index contributed by atoms with van der Waals surface area (Å²) in [5.74, 6) is 0.321. The number of rotatable bonds is 2. The van der Waals surface area contributed by atoms with Crippen LogP contribution in [0.25, 0.3) is 0 Å². The van der Waals surface area contributed by atoms with Gasteiger partial charge in [0.2, 0.25) is 0 Å². The molecular weight excluding hydrogens is 204 g/mol. The van der Waals surface area contributed by atoms with Gasteiger partial charge in [0, 0.05) is 38.8 Å². The lowest BCUT2D eigenvalue weighted by Gasteiger charge is -2.29. The van der Waals surface area contributed by atoms with E-state index in [0.717, 1.165) is 26.2 Å². The first-order valence-corrected chi connectivity index (χ1v) is 5.50. The summed E-state index contributed by atoms with van der Waals surface area (Å²) in [6, 6.07) is 7.64. The SMILES string of the molecule is CC(=O)Oc1ccc(N2CCNCC2)cc1. The molecular formula is C12H16N2O2. The Balaban J connectivity index is 2.03. The highest BCUT2D eigenvalue weighted by molar-refractivity contribution is 5.69. The topological polar surface area (TPSA) is 41.6 Å². The zero-order valence-corrected chi connectivity index (χ0v) is 9.40. The van der Waals surface area contributed by atoms with Crippen LogP contribution in [0.1, 0.15) is 6.92 Å². The van der Waals surface area contributed by atoms with Crippen molar-refractivity contribution in [1.29, 1.82) is 0 Å². The van der Waals surface area contributed by atoms with Crippen molar-refractivity contribution in [3.63, 3.8) is 0 Å². The molecule has 0 aromatic heterocycles. The van der Waals surface area contributed by atoms with E-state index in [1.807, 2.05) is 24.3 Å². The van der Waals surface area contributed by atoms with Crippen LogP contribution >= 0.6 is 0 Å². The molecule has 4 heteroatoms. The van der Waals surface area contributed by atoms with Gasteiger partial charge < -0.3 is 15.0 Å². The summed E-state index contributed by atoms with van der Waals surface area (Å²) in [5.41, 5.74) is 1.18. The van der Waals surface area contributed by atoms with Crippen molar-refractivity contribution in [2.75, 3.05) is 31.1 Å². The molecule has 1 fully saturated rings. The second-order valence-electron chi connectivity index (χ2n) is 3.82. The fourth-order valence-corrected chi connectivity index (χ4v) is 1.81.